The van der Waals surface area contributed by atoms with Crippen LogP contribution in [0.25, 0.3) is 0 Å². The van der Waals surface area contributed by atoms with Gasteiger partial charge in [-0.05, 0) is 25.3 Å². The number of nitro groups is 1. The smallest absolute Gasteiger partial charge is 0.270 e. The number of carbonyl (C=O) groups excluding carboxylic acids is 1. The van der Waals surface area contributed by atoms with Crippen molar-refractivity contribution < 1.29 is 9.72 Å². The minimum Gasteiger partial charge on any atom is -0.300 e. The second kappa shape index (κ2) is 6.85. The first-order valence-corrected chi connectivity index (χ1v) is 6.77. The molecule has 0 heterocycles. The van der Waals surface area contributed by atoms with Crippen molar-refractivity contribution in [1.29, 1.82) is 0 Å². The molecule has 0 N–H and O–H groups in total. The number of benzene rings is 1. The maximum Gasteiger partial charge on any atom is 0.270 e. The van der Waals surface area contributed by atoms with E-state index < -0.39 is 4.92 Å². The summed E-state index contributed by atoms with van der Waals surface area (Å²) < 4.78 is 0.650. The van der Waals surface area contributed by atoms with Crippen LogP contribution < -0.4 is 0 Å². The summed E-state index contributed by atoms with van der Waals surface area (Å²) in [5.41, 5.74) is 0.910. The fourth-order valence-electron chi connectivity index (χ4n) is 1.66. The Morgan fingerprint density at radius 3 is 2.67 bits per heavy atom. The highest BCUT2D eigenvalue weighted by Gasteiger charge is 2.17. The van der Waals surface area contributed by atoms with Gasteiger partial charge in [0, 0.05) is 28.4 Å². The van der Waals surface area contributed by atoms with Gasteiger partial charge in [0.15, 0.2) is 0 Å². The largest absolute Gasteiger partial charge is 0.300 e. The normalized spacial score (nSPS) is 12.2. The predicted molar refractivity (Wildman–Crippen MR) is 74.0 cm³/mol. The molecule has 1 atom stereocenters. The maximum absolute atomic E-state index is 11.4. The van der Waals surface area contributed by atoms with Crippen molar-refractivity contribution in [3.8, 4) is 0 Å². The number of carbonyl (C=O) groups is 1. The molecule has 0 aliphatic heterocycles. The van der Waals surface area contributed by atoms with Gasteiger partial charge in [0.1, 0.15) is 5.78 Å². The number of alkyl halides is 1. The molecule has 0 radical (unpaired) electrons. The van der Waals surface area contributed by atoms with E-state index in [4.69, 9.17) is 11.6 Å². The number of nitrogens with zero attached hydrogens (tertiary/aromatic N) is 1. The zero-order chi connectivity index (χ0) is 13.7. The van der Waals surface area contributed by atoms with Gasteiger partial charge in [0.2, 0.25) is 0 Å². The number of ketones is 1. The Morgan fingerprint density at radius 1 is 1.56 bits per heavy atom. The number of halogens is 2. The molecular weight excluding hydrogens is 321 g/mol. The summed E-state index contributed by atoms with van der Waals surface area (Å²) in [6, 6.07) is 4.57. The number of rotatable bonds is 6. The van der Waals surface area contributed by atoms with Gasteiger partial charge in [0.25, 0.3) is 5.69 Å². The number of hydrogen-bond donors (Lipinski definition) is 0. The first-order valence-electron chi connectivity index (χ1n) is 5.45. The van der Waals surface area contributed by atoms with E-state index >= 15 is 0 Å². The molecule has 0 fully saturated rings. The summed E-state index contributed by atoms with van der Waals surface area (Å²) in [5, 5.41) is 10.6. The second-order valence-corrected chi connectivity index (χ2v) is 5.25. The summed E-state index contributed by atoms with van der Waals surface area (Å²) >= 11 is 8.96. The molecule has 0 aliphatic rings. The highest BCUT2D eigenvalue weighted by atomic mass is 79.9. The maximum atomic E-state index is 11.4. The molecule has 1 aromatic carbocycles. The Balaban J connectivity index is 2.90. The van der Waals surface area contributed by atoms with Gasteiger partial charge < -0.3 is 0 Å². The molecule has 0 spiro atoms. The average Bonchev–Trinajstić information content (AvgIpc) is 2.30. The lowest BCUT2D eigenvalue weighted by atomic mass is 9.93. The fraction of sp³-hybridized carbons (Fsp3) is 0.417. The van der Waals surface area contributed by atoms with Crippen molar-refractivity contribution in [1.82, 2.24) is 0 Å². The third-order valence-electron chi connectivity index (χ3n) is 2.75. The van der Waals surface area contributed by atoms with Gasteiger partial charge in [-0.2, -0.15) is 0 Å². The molecule has 0 saturated carbocycles. The van der Waals surface area contributed by atoms with Crippen LogP contribution in [0.2, 0.25) is 0 Å². The summed E-state index contributed by atoms with van der Waals surface area (Å²) in [6.45, 7) is 1.54. The molecule has 0 aromatic heterocycles. The average molecular weight is 335 g/mol. The second-order valence-electron chi connectivity index (χ2n) is 4.02. The van der Waals surface area contributed by atoms with E-state index in [1.165, 1.54) is 19.1 Å². The van der Waals surface area contributed by atoms with E-state index in [-0.39, 0.29) is 17.4 Å². The number of Topliss-reactive ketones (excluding diaryl/α,β-unsaturated/α-hetero) is 1. The Labute approximate surface area is 119 Å². The zero-order valence-electron chi connectivity index (χ0n) is 9.86. The van der Waals surface area contributed by atoms with Crippen molar-refractivity contribution in [2.24, 2.45) is 5.92 Å². The molecule has 0 amide bonds. The van der Waals surface area contributed by atoms with Gasteiger partial charge in [-0.3, -0.25) is 14.9 Å². The Morgan fingerprint density at radius 2 is 2.22 bits per heavy atom. The highest BCUT2D eigenvalue weighted by Crippen LogP contribution is 2.26. The third kappa shape index (κ3) is 4.07. The van der Waals surface area contributed by atoms with Crippen molar-refractivity contribution >= 4 is 39.0 Å². The van der Waals surface area contributed by atoms with Crippen molar-refractivity contribution in [2.75, 3.05) is 5.88 Å². The number of non-ortho nitro benzene ring substituents is 1. The van der Waals surface area contributed by atoms with E-state index in [1.807, 2.05) is 0 Å². The van der Waals surface area contributed by atoms with Crippen LogP contribution in [0.4, 0.5) is 5.69 Å². The van der Waals surface area contributed by atoms with E-state index in [2.05, 4.69) is 15.9 Å². The van der Waals surface area contributed by atoms with Crippen molar-refractivity contribution in [2.45, 2.75) is 19.8 Å². The molecule has 1 rings (SSSR count). The van der Waals surface area contributed by atoms with Gasteiger partial charge in [-0.15, -0.1) is 11.6 Å². The summed E-state index contributed by atoms with van der Waals surface area (Å²) in [7, 11) is 0. The summed E-state index contributed by atoms with van der Waals surface area (Å²) in [6.07, 6.45) is 1.15. The van der Waals surface area contributed by atoms with Gasteiger partial charge in [-0.1, -0.05) is 22.0 Å². The lowest BCUT2D eigenvalue weighted by molar-refractivity contribution is -0.384. The number of hydrogen-bond acceptors (Lipinski definition) is 3. The van der Waals surface area contributed by atoms with Crippen molar-refractivity contribution in [3.05, 3.63) is 38.3 Å². The Kier molecular flexibility index (Phi) is 5.75. The van der Waals surface area contributed by atoms with Gasteiger partial charge in [-0.25, -0.2) is 0 Å². The minimum atomic E-state index is -0.449. The number of nitro benzene ring substituents is 1. The van der Waals surface area contributed by atoms with Crippen LogP contribution in [-0.4, -0.2) is 16.6 Å². The molecule has 98 valence electrons. The molecule has 0 bridgehead atoms. The van der Waals surface area contributed by atoms with Crippen LogP contribution in [0.5, 0.6) is 0 Å². The van der Waals surface area contributed by atoms with E-state index in [0.29, 0.717) is 23.2 Å². The van der Waals surface area contributed by atoms with Crippen LogP contribution in [0, 0.1) is 16.0 Å². The molecule has 1 aromatic rings. The summed E-state index contributed by atoms with van der Waals surface area (Å²) in [5.74, 6) is 0.371. The van der Waals surface area contributed by atoms with Crippen LogP contribution in [0.1, 0.15) is 18.9 Å². The van der Waals surface area contributed by atoms with Crippen LogP contribution in [0.3, 0.4) is 0 Å². The Bertz CT molecular complexity index is 465. The van der Waals surface area contributed by atoms with Crippen LogP contribution in [0.15, 0.2) is 22.7 Å². The molecule has 6 heteroatoms. The topological polar surface area (TPSA) is 60.2 Å². The monoisotopic (exact) mass is 333 g/mol. The molecule has 4 nitrogen and oxygen atoms in total. The zero-order valence-corrected chi connectivity index (χ0v) is 12.2. The van der Waals surface area contributed by atoms with Crippen LogP contribution >= 0.6 is 27.5 Å². The lowest BCUT2D eigenvalue weighted by Gasteiger charge is -2.13. The molecule has 1 unspecified atom stereocenters. The van der Waals surface area contributed by atoms with E-state index in [1.54, 1.807) is 6.07 Å². The quantitative estimate of drug-likeness (QED) is 0.452. The molecule has 18 heavy (non-hydrogen) atoms. The SMILES string of the molecule is CC(=O)C(CCCl)Cc1ccc([N+](=O)[O-])cc1Br. The van der Waals surface area contributed by atoms with Gasteiger partial charge in [0.05, 0.1) is 4.92 Å². The summed E-state index contributed by atoms with van der Waals surface area (Å²) in [4.78, 5) is 21.6. The third-order valence-corrected chi connectivity index (χ3v) is 3.70. The Hall–Kier alpha value is -0.940. The van der Waals surface area contributed by atoms with Crippen molar-refractivity contribution in [3.63, 3.8) is 0 Å². The molecule has 0 aliphatic carbocycles. The first-order chi connectivity index (χ1) is 8.45. The predicted octanol–water partition coefficient (Wildman–Crippen LogP) is 3.73. The standard InChI is InChI=1S/C12H13BrClNO3/c1-8(16)9(4-5-14)6-10-2-3-11(15(17)18)7-12(10)13/h2-3,7,9H,4-6H2,1H3. The van der Waals surface area contributed by atoms with Gasteiger partial charge >= 0.3 is 0 Å². The first kappa shape index (κ1) is 15.1. The van der Waals surface area contributed by atoms with E-state index in [0.717, 1.165) is 5.56 Å². The highest BCUT2D eigenvalue weighted by molar-refractivity contribution is 9.10. The molecule has 0 saturated heterocycles. The van der Waals surface area contributed by atoms with E-state index in [9.17, 15) is 14.9 Å². The van der Waals surface area contributed by atoms with Crippen LogP contribution in [-0.2, 0) is 11.2 Å². The lowest BCUT2D eigenvalue weighted by Crippen LogP contribution is -2.15. The fourth-order valence-corrected chi connectivity index (χ4v) is 2.45. The molecular formula is C12H13BrClNO3. The minimum absolute atomic E-state index is 0.0299.